The van der Waals surface area contributed by atoms with Crippen molar-refractivity contribution in [2.45, 2.75) is 6.54 Å². The molecule has 6 heteroatoms. The van der Waals surface area contributed by atoms with E-state index in [0.29, 0.717) is 12.1 Å². The van der Waals surface area contributed by atoms with Crippen LogP contribution in [0.25, 0.3) is 10.9 Å². The number of benzene rings is 1. The molecule has 0 saturated carbocycles. The van der Waals surface area contributed by atoms with E-state index in [2.05, 4.69) is 11.6 Å². The zero-order chi connectivity index (χ0) is 12.4. The second-order valence-corrected chi connectivity index (χ2v) is 3.45. The van der Waals surface area contributed by atoms with E-state index < -0.39 is 4.92 Å². The van der Waals surface area contributed by atoms with Crippen molar-refractivity contribution in [3.05, 3.63) is 57.6 Å². The first-order chi connectivity index (χ1) is 8.13. The van der Waals surface area contributed by atoms with Crippen molar-refractivity contribution in [2.75, 3.05) is 0 Å². The second-order valence-electron chi connectivity index (χ2n) is 3.45. The molecule has 0 spiro atoms. The topological polar surface area (TPSA) is 78.0 Å². The van der Waals surface area contributed by atoms with Gasteiger partial charge in [-0.1, -0.05) is 6.08 Å². The molecule has 1 heterocycles. The largest absolute Gasteiger partial charge is 0.295 e. The van der Waals surface area contributed by atoms with E-state index in [-0.39, 0.29) is 16.6 Å². The standard InChI is InChI=1S/C11H9N3O3/c1-2-5-13-7-12-10-4-3-8(14(16)17)6-9(10)11(13)15/h2-4,6-7H,1,5H2. The summed E-state index contributed by atoms with van der Waals surface area (Å²) in [5.41, 5.74) is 0.0206. The normalized spacial score (nSPS) is 10.4. The molecule has 1 aromatic carbocycles. The van der Waals surface area contributed by atoms with Gasteiger partial charge < -0.3 is 0 Å². The summed E-state index contributed by atoms with van der Waals surface area (Å²) in [4.78, 5) is 26.1. The summed E-state index contributed by atoms with van der Waals surface area (Å²) in [7, 11) is 0. The first-order valence-electron chi connectivity index (χ1n) is 4.88. The number of fused-ring (bicyclic) bond motifs is 1. The quantitative estimate of drug-likeness (QED) is 0.455. The Labute approximate surface area is 96.0 Å². The van der Waals surface area contributed by atoms with Gasteiger partial charge in [0.15, 0.2) is 0 Å². The smallest absolute Gasteiger partial charge is 0.270 e. The minimum atomic E-state index is -0.538. The molecule has 0 aliphatic carbocycles. The molecule has 1 aromatic heterocycles. The number of hydrogen-bond acceptors (Lipinski definition) is 4. The number of nitrogens with zero attached hydrogens (tertiary/aromatic N) is 3. The Morgan fingerprint density at radius 2 is 2.29 bits per heavy atom. The van der Waals surface area contributed by atoms with Gasteiger partial charge >= 0.3 is 0 Å². The lowest BCUT2D eigenvalue weighted by Gasteiger charge is -2.02. The summed E-state index contributed by atoms with van der Waals surface area (Å²) >= 11 is 0. The van der Waals surface area contributed by atoms with E-state index in [0.717, 1.165) is 0 Å². The fourth-order valence-electron chi connectivity index (χ4n) is 1.53. The van der Waals surface area contributed by atoms with Crippen LogP contribution in [-0.2, 0) is 6.54 Å². The second kappa shape index (κ2) is 4.17. The molecule has 0 amide bonds. The van der Waals surface area contributed by atoms with Crippen LogP contribution < -0.4 is 5.56 Å². The van der Waals surface area contributed by atoms with Crippen LogP contribution >= 0.6 is 0 Å². The summed E-state index contributed by atoms with van der Waals surface area (Å²) in [6, 6.07) is 4.03. The molecule has 2 aromatic rings. The van der Waals surface area contributed by atoms with Crippen molar-refractivity contribution in [3.8, 4) is 0 Å². The third kappa shape index (κ3) is 1.92. The monoisotopic (exact) mass is 231 g/mol. The number of allylic oxidation sites excluding steroid dienone is 1. The first-order valence-corrected chi connectivity index (χ1v) is 4.88. The maximum Gasteiger partial charge on any atom is 0.270 e. The fourth-order valence-corrected chi connectivity index (χ4v) is 1.53. The summed E-state index contributed by atoms with van der Waals surface area (Å²) < 4.78 is 1.35. The molecule has 0 atom stereocenters. The Morgan fingerprint density at radius 3 is 2.94 bits per heavy atom. The van der Waals surface area contributed by atoms with Crippen LogP contribution in [-0.4, -0.2) is 14.5 Å². The van der Waals surface area contributed by atoms with Gasteiger partial charge in [0.1, 0.15) is 0 Å². The Kier molecular flexibility index (Phi) is 2.70. The Bertz CT molecular complexity index is 661. The third-order valence-electron chi connectivity index (χ3n) is 2.34. The van der Waals surface area contributed by atoms with Crippen molar-refractivity contribution in [2.24, 2.45) is 0 Å². The van der Waals surface area contributed by atoms with Crippen LogP contribution in [0.15, 0.2) is 42.0 Å². The number of non-ortho nitro benzene ring substituents is 1. The molecule has 6 nitrogen and oxygen atoms in total. The van der Waals surface area contributed by atoms with E-state index in [1.807, 2.05) is 0 Å². The van der Waals surface area contributed by atoms with Crippen LogP contribution in [0.2, 0.25) is 0 Å². The molecule has 17 heavy (non-hydrogen) atoms. The molecule has 0 aliphatic heterocycles. The van der Waals surface area contributed by atoms with Gasteiger partial charge in [-0.25, -0.2) is 4.98 Å². The molecule has 0 radical (unpaired) electrons. The zero-order valence-corrected chi connectivity index (χ0v) is 8.87. The van der Waals surface area contributed by atoms with Gasteiger partial charge in [-0.3, -0.25) is 19.5 Å². The van der Waals surface area contributed by atoms with Crippen molar-refractivity contribution in [1.82, 2.24) is 9.55 Å². The van der Waals surface area contributed by atoms with Crippen LogP contribution in [0, 0.1) is 10.1 Å². The van der Waals surface area contributed by atoms with Crippen molar-refractivity contribution < 1.29 is 4.92 Å². The predicted molar refractivity (Wildman–Crippen MR) is 62.9 cm³/mol. The van der Waals surface area contributed by atoms with Gasteiger partial charge in [-0.05, 0) is 6.07 Å². The minimum Gasteiger partial charge on any atom is -0.295 e. The fraction of sp³-hybridized carbons (Fsp3) is 0.0909. The Morgan fingerprint density at radius 1 is 1.53 bits per heavy atom. The van der Waals surface area contributed by atoms with E-state index >= 15 is 0 Å². The highest BCUT2D eigenvalue weighted by Crippen LogP contribution is 2.15. The summed E-state index contributed by atoms with van der Waals surface area (Å²) in [6.45, 7) is 3.85. The van der Waals surface area contributed by atoms with Crippen molar-refractivity contribution in [3.63, 3.8) is 0 Å². The number of hydrogen-bond donors (Lipinski definition) is 0. The van der Waals surface area contributed by atoms with E-state index in [1.165, 1.54) is 29.1 Å². The molecular weight excluding hydrogens is 222 g/mol. The third-order valence-corrected chi connectivity index (χ3v) is 2.34. The molecule has 0 unspecified atom stereocenters. The molecule has 0 saturated heterocycles. The van der Waals surface area contributed by atoms with Gasteiger partial charge in [-0.2, -0.15) is 0 Å². The van der Waals surface area contributed by atoms with Crippen LogP contribution in [0.3, 0.4) is 0 Å². The van der Waals surface area contributed by atoms with Gasteiger partial charge in [0.25, 0.3) is 11.2 Å². The lowest BCUT2D eigenvalue weighted by Crippen LogP contribution is -2.19. The van der Waals surface area contributed by atoms with Gasteiger partial charge in [0.05, 0.1) is 22.2 Å². The molecular formula is C11H9N3O3. The number of nitro benzene ring substituents is 1. The first kappa shape index (κ1) is 11.0. The summed E-state index contributed by atoms with van der Waals surface area (Å²) in [5, 5.41) is 10.9. The van der Waals surface area contributed by atoms with Crippen LogP contribution in [0.4, 0.5) is 5.69 Å². The van der Waals surface area contributed by atoms with Crippen LogP contribution in [0.1, 0.15) is 0 Å². The summed E-state index contributed by atoms with van der Waals surface area (Å²) in [5.74, 6) is 0. The molecule has 0 bridgehead atoms. The average Bonchev–Trinajstić information content (AvgIpc) is 2.32. The number of nitro groups is 1. The van der Waals surface area contributed by atoms with E-state index in [1.54, 1.807) is 6.08 Å². The SMILES string of the molecule is C=CCn1cnc2ccc([N+](=O)[O-])cc2c1=O. The van der Waals surface area contributed by atoms with Gasteiger partial charge in [-0.15, -0.1) is 6.58 Å². The predicted octanol–water partition coefficient (Wildman–Crippen LogP) is 1.49. The van der Waals surface area contributed by atoms with E-state index in [4.69, 9.17) is 0 Å². The van der Waals surface area contributed by atoms with Crippen LogP contribution in [0.5, 0.6) is 0 Å². The minimum absolute atomic E-state index is 0.118. The Hall–Kier alpha value is -2.50. The number of aromatic nitrogens is 2. The summed E-state index contributed by atoms with van der Waals surface area (Å²) in [6.07, 6.45) is 2.96. The molecule has 2 rings (SSSR count). The average molecular weight is 231 g/mol. The highest BCUT2D eigenvalue weighted by atomic mass is 16.6. The van der Waals surface area contributed by atoms with Gasteiger partial charge in [0, 0.05) is 18.7 Å². The lowest BCUT2D eigenvalue weighted by atomic mass is 10.2. The maximum atomic E-state index is 11.9. The Balaban J connectivity index is 2.73. The van der Waals surface area contributed by atoms with Crippen molar-refractivity contribution >= 4 is 16.6 Å². The van der Waals surface area contributed by atoms with E-state index in [9.17, 15) is 14.9 Å². The lowest BCUT2D eigenvalue weighted by molar-refractivity contribution is -0.384. The molecule has 0 fully saturated rings. The van der Waals surface area contributed by atoms with Gasteiger partial charge in [0.2, 0.25) is 0 Å². The van der Waals surface area contributed by atoms with Crippen molar-refractivity contribution in [1.29, 1.82) is 0 Å². The highest BCUT2D eigenvalue weighted by Gasteiger charge is 2.10. The molecule has 0 aliphatic rings. The maximum absolute atomic E-state index is 11.9. The molecule has 0 N–H and O–H groups in total. The number of rotatable bonds is 3. The molecule has 86 valence electrons. The highest BCUT2D eigenvalue weighted by molar-refractivity contribution is 5.79. The zero-order valence-electron chi connectivity index (χ0n) is 8.87.